The molecule has 0 rings (SSSR count). The normalized spacial score (nSPS) is 14.5. The molecular weight excluding hydrogens is 1260 g/mol. The number of rotatable bonds is 73. The lowest BCUT2D eigenvalue weighted by Crippen LogP contribution is -2.30. The Labute approximate surface area is 586 Å². The fourth-order valence-electron chi connectivity index (χ4n) is 11.2. The number of phosphoric ester groups is 2. The van der Waals surface area contributed by atoms with Crippen molar-refractivity contribution in [1.82, 2.24) is 0 Å². The Morgan fingerprint density at radius 3 is 0.927 bits per heavy atom. The van der Waals surface area contributed by atoms with E-state index in [2.05, 4.69) is 72.8 Å². The van der Waals surface area contributed by atoms with E-state index in [0.29, 0.717) is 37.5 Å². The standard InChI is InChI=1S/C77H146O17P2/c1-8-10-11-12-13-14-15-16-21-25-28-31-36-44-51-58-74(79)87-64-72(93-76(81)60-53-46-37-32-29-26-23-20-18-17-19-22-24-27-30-35-43-50-57-70(7)9-2)66-91-95(83,84)89-62-71(78)63-90-96(85,86)92-67-73(65-88-75(80)59-52-45-40-39-42-49-56-69(5)6)94-77(82)61-54-47-38-33-34-41-48-55-68(3)4/h14-16,21,68-73,78H,8-13,17-20,22-67H2,1-7H3,(H,83,84)(H,85,86)/b15-14-,21-16-/t70?,71-,72-,73-/m1/s1. The van der Waals surface area contributed by atoms with Crippen LogP contribution < -0.4 is 0 Å². The molecule has 0 aromatic heterocycles. The molecule has 0 bridgehead atoms. The quantitative estimate of drug-likeness (QED) is 0.0169. The van der Waals surface area contributed by atoms with Gasteiger partial charge in [-0.1, -0.05) is 317 Å². The van der Waals surface area contributed by atoms with Crippen LogP contribution in [0.3, 0.4) is 0 Å². The first-order valence-corrected chi connectivity index (χ1v) is 42.2. The Hall–Kier alpha value is -2.46. The molecular formula is C77H146O17P2. The Balaban J connectivity index is 5.21. The van der Waals surface area contributed by atoms with Crippen LogP contribution in [0.2, 0.25) is 0 Å². The van der Waals surface area contributed by atoms with Gasteiger partial charge in [0.05, 0.1) is 26.4 Å². The lowest BCUT2D eigenvalue weighted by molar-refractivity contribution is -0.161. The highest BCUT2D eigenvalue weighted by molar-refractivity contribution is 7.47. The first-order chi connectivity index (χ1) is 46.3. The minimum absolute atomic E-state index is 0.0999. The highest BCUT2D eigenvalue weighted by Crippen LogP contribution is 2.45. The number of phosphoric acid groups is 2. The van der Waals surface area contributed by atoms with E-state index in [4.69, 9.17) is 37.0 Å². The van der Waals surface area contributed by atoms with E-state index in [9.17, 15) is 43.2 Å². The van der Waals surface area contributed by atoms with Crippen molar-refractivity contribution in [2.24, 2.45) is 17.8 Å². The van der Waals surface area contributed by atoms with Crippen LogP contribution in [0.5, 0.6) is 0 Å². The van der Waals surface area contributed by atoms with E-state index in [-0.39, 0.29) is 25.7 Å². The summed E-state index contributed by atoms with van der Waals surface area (Å²) in [4.78, 5) is 72.7. The molecule has 0 heterocycles. The van der Waals surface area contributed by atoms with Crippen LogP contribution in [0.15, 0.2) is 24.3 Å². The van der Waals surface area contributed by atoms with Gasteiger partial charge in [-0.25, -0.2) is 9.13 Å². The molecule has 0 fully saturated rings. The van der Waals surface area contributed by atoms with Gasteiger partial charge in [0.2, 0.25) is 0 Å². The van der Waals surface area contributed by atoms with Crippen molar-refractivity contribution in [2.75, 3.05) is 39.6 Å². The van der Waals surface area contributed by atoms with Gasteiger partial charge in [0.1, 0.15) is 19.3 Å². The monoisotopic (exact) mass is 1410 g/mol. The Morgan fingerprint density at radius 1 is 0.344 bits per heavy atom. The highest BCUT2D eigenvalue weighted by atomic mass is 31.2. The van der Waals surface area contributed by atoms with Gasteiger partial charge in [-0.2, -0.15) is 0 Å². The summed E-state index contributed by atoms with van der Waals surface area (Å²) in [7, 11) is -9.92. The van der Waals surface area contributed by atoms with E-state index < -0.39 is 97.5 Å². The average Bonchev–Trinajstić information content (AvgIpc) is 1.35. The summed E-state index contributed by atoms with van der Waals surface area (Å²) in [5, 5.41) is 10.6. The molecule has 0 radical (unpaired) electrons. The maximum absolute atomic E-state index is 13.1. The number of ether oxygens (including phenoxy) is 4. The number of hydrogen-bond donors (Lipinski definition) is 3. The molecule has 3 N–H and O–H groups in total. The van der Waals surface area contributed by atoms with Crippen LogP contribution in [0.25, 0.3) is 0 Å². The zero-order valence-electron chi connectivity index (χ0n) is 62.3. The number of unbranched alkanes of at least 4 members (excludes halogenated alkanes) is 37. The largest absolute Gasteiger partial charge is 0.472 e. The van der Waals surface area contributed by atoms with Crippen molar-refractivity contribution in [1.29, 1.82) is 0 Å². The summed E-state index contributed by atoms with van der Waals surface area (Å²) >= 11 is 0. The van der Waals surface area contributed by atoms with Crippen LogP contribution in [0.4, 0.5) is 0 Å². The molecule has 0 aliphatic carbocycles. The second kappa shape index (κ2) is 67.1. The number of esters is 4. The molecule has 0 aliphatic rings. The third-order valence-corrected chi connectivity index (χ3v) is 19.5. The Kier molecular flexibility index (Phi) is 65.3. The smallest absolute Gasteiger partial charge is 0.462 e. The van der Waals surface area contributed by atoms with Gasteiger partial charge >= 0.3 is 39.5 Å². The molecule has 0 aromatic carbocycles. The first kappa shape index (κ1) is 93.5. The molecule has 96 heavy (non-hydrogen) atoms. The molecule has 6 atom stereocenters. The minimum atomic E-state index is -4.97. The van der Waals surface area contributed by atoms with Gasteiger partial charge in [-0.05, 0) is 69.1 Å². The lowest BCUT2D eigenvalue weighted by atomic mass is 9.99. The maximum atomic E-state index is 13.1. The molecule has 17 nitrogen and oxygen atoms in total. The first-order valence-electron chi connectivity index (χ1n) is 39.2. The second-order valence-electron chi connectivity index (χ2n) is 28.3. The third-order valence-electron chi connectivity index (χ3n) is 17.6. The maximum Gasteiger partial charge on any atom is 0.472 e. The summed E-state index contributed by atoms with van der Waals surface area (Å²) in [6.07, 6.45) is 56.7. The fourth-order valence-corrected chi connectivity index (χ4v) is 12.8. The van der Waals surface area contributed by atoms with Gasteiger partial charge < -0.3 is 33.8 Å². The fraction of sp³-hybridized carbons (Fsp3) is 0.896. The third kappa shape index (κ3) is 68.7. The molecule has 0 aromatic rings. The van der Waals surface area contributed by atoms with Crippen LogP contribution in [0, 0.1) is 17.8 Å². The number of hydrogen-bond acceptors (Lipinski definition) is 15. The highest BCUT2D eigenvalue weighted by Gasteiger charge is 2.30. The molecule has 0 spiro atoms. The van der Waals surface area contributed by atoms with Crippen molar-refractivity contribution in [3.63, 3.8) is 0 Å². The Bertz CT molecular complexity index is 1970. The number of aliphatic hydroxyl groups excluding tert-OH is 1. The number of aliphatic hydroxyl groups is 1. The van der Waals surface area contributed by atoms with Crippen molar-refractivity contribution in [3.8, 4) is 0 Å². The lowest BCUT2D eigenvalue weighted by Gasteiger charge is -2.21. The van der Waals surface area contributed by atoms with Gasteiger partial charge in [0, 0.05) is 25.7 Å². The molecule has 0 aliphatic heterocycles. The van der Waals surface area contributed by atoms with Gasteiger partial charge in [0.25, 0.3) is 0 Å². The van der Waals surface area contributed by atoms with E-state index in [1.54, 1.807) is 0 Å². The van der Waals surface area contributed by atoms with Crippen LogP contribution in [0.1, 0.15) is 370 Å². The summed E-state index contributed by atoms with van der Waals surface area (Å²) in [5.41, 5.74) is 0. The summed E-state index contributed by atoms with van der Waals surface area (Å²) in [6, 6.07) is 0. The molecule has 3 unspecified atom stereocenters. The molecule has 0 saturated carbocycles. The van der Waals surface area contributed by atoms with Gasteiger partial charge in [0.15, 0.2) is 12.2 Å². The number of carbonyl (C=O) groups is 4. The van der Waals surface area contributed by atoms with Crippen LogP contribution in [-0.2, 0) is 65.4 Å². The topological polar surface area (TPSA) is 237 Å². The minimum Gasteiger partial charge on any atom is -0.462 e. The van der Waals surface area contributed by atoms with Crippen molar-refractivity contribution < 1.29 is 80.2 Å². The van der Waals surface area contributed by atoms with Crippen molar-refractivity contribution in [2.45, 2.75) is 388 Å². The zero-order chi connectivity index (χ0) is 70.9. The van der Waals surface area contributed by atoms with E-state index in [1.165, 1.54) is 154 Å². The molecule has 0 saturated heterocycles. The molecule has 19 heteroatoms. The molecule has 566 valence electrons. The summed E-state index contributed by atoms with van der Waals surface area (Å²) in [6.45, 7) is 11.7. The van der Waals surface area contributed by atoms with E-state index >= 15 is 0 Å². The average molecular weight is 1410 g/mol. The summed E-state index contributed by atoms with van der Waals surface area (Å²) < 4.78 is 68.4. The molecule has 0 amide bonds. The number of allylic oxidation sites excluding steroid dienone is 4. The second-order valence-corrected chi connectivity index (χ2v) is 31.2. The van der Waals surface area contributed by atoms with Crippen LogP contribution >= 0.6 is 15.6 Å². The summed E-state index contributed by atoms with van der Waals surface area (Å²) in [5.74, 6) is 0.0879. The zero-order valence-corrected chi connectivity index (χ0v) is 64.1. The predicted octanol–water partition coefficient (Wildman–Crippen LogP) is 22.1. The van der Waals surface area contributed by atoms with E-state index in [1.807, 2.05) is 0 Å². The van der Waals surface area contributed by atoms with E-state index in [0.717, 1.165) is 121 Å². The Morgan fingerprint density at radius 2 is 0.615 bits per heavy atom. The SMILES string of the molecule is CCCCCC/C=C\C=C/CCCCCCCC(=O)OC[C@H](COP(=O)(O)OC[C@@H](O)COP(=O)(O)OC[C@@H](COC(=O)CCCCCCCCC(C)C)OC(=O)CCCCCCCCCC(C)C)OC(=O)CCCCCCCCCCCCCCCCCCCCC(C)CC. The van der Waals surface area contributed by atoms with Crippen molar-refractivity contribution >= 4 is 39.5 Å². The number of carbonyl (C=O) groups excluding carboxylic acids is 4. The van der Waals surface area contributed by atoms with Gasteiger partial charge in [-0.3, -0.25) is 37.3 Å². The predicted molar refractivity (Wildman–Crippen MR) is 390 cm³/mol. The van der Waals surface area contributed by atoms with Crippen molar-refractivity contribution in [3.05, 3.63) is 24.3 Å². The van der Waals surface area contributed by atoms with Gasteiger partial charge in [-0.15, -0.1) is 0 Å². The van der Waals surface area contributed by atoms with Crippen LogP contribution in [-0.4, -0.2) is 96.7 Å².